The van der Waals surface area contributed by atoms with E-state index in [4.69, 9.17) is 4.74 Å². The first-order chi connectivity index (χ1) is 16.6. The maximum atomic E-state index is 13.4. The van der Waals surface area contributed by atoms with E-state index >= 15 is 0 Å². The number of hydrogen-bond donors (Lipinski definition) is 0. The zero-order valence-electron chi connectivity index (χ0n) is 19.2. The topological polar surface area (TPSA) is 86.5 Å². The van der Waals surface area contributed by atoms with Gasteiger partial charge in [0.05, 0.1) is 31.6 Å². The van der Waals surface area contributed by atoms with Gasteiger partial charge in [-0.1, -0.05) is 25.1 Å². The molecule has 178 valence electrons. The Kier molecular flexibility index (Phi) is 6.85. The van der Waals surface area contributed by atoms with Crippen LogP contribution in [0.25, 0.3) is 5.69 Å². The third-order valence-corrected chi connectivity index (χ3v) is 8.06. The highest BCUT2D eigenvalue weighted by Gasteiger charge is 2.34. The average molecular weight is 480 g/mol. The molecule has 5 rings (SSSR count). The summed E-state index contributed by atoms with van der Waals surface area (Å²) in [6.07, 6.45) is 6.30. The summed E-state index contributed by atoms with van der Waals surface area (Å²) in [5.41, 5.74) is 2.18. The van der Waals surface area contributed by atoms with Crippen LogP contribution >= 0.6 is 0 Å². The summed E-state index contributed by atoms with van der Waals surface area (Å²) in [5, 5.41) is 4.45. The molecule has 8 nitrogen and oxygen atoms in total. The van der Waals surface area contributed by atoms with Crippen LogP contribution in [-0.2, 0) is 17.1 Å². The molecule has 2 aromatic heterocycles. The standard InChI is InChI=1S/C25H29N5O3S/c1-19-15-21(19)17-33-24-23(16-27-30(25(24)31)22-5-3-2-4-6-22)28-11-13-29(14-12-28)34(32)18-20-7-9-26-10-8-20/h2-10,16,19,21H,11-15,17-18H2,1H3/t19?,21?,34-/m1/s1. The van der Waals surface area contributed by atoms with Crippen molar-refractivity contribution in [1.82, 2.24) is 19.1 Å². The molecular weight excluding hydrogens is 450 g/mol. The molecule has 1 aliphatic heterocycles. The highest BCUT2D eigenvalue weighted by atomic mass is 32.2. The van der Waals surface area contributed by atoms with E-state index in [9.17, 15) is 9.35 Å². The molecule has 1 saturated heterocycles. The summed E-state index contributed by atoms with van der Waals surface area (Å²) >= 11 is -1.11. The minimum absolute atomic E-state index is 0.249. The fourth-order valence-corrected chi connectivity index (χ4v) is 5.44. The smallest absolute Gasteiger partial charge is 0.316 e. The van der Waals surface area contributed by atoms with Crippen molar-refractivity contribution in [2.45, 2.75) is 19.1 Å². The molecule has 2 fully saturated rings. The van der Waals surface area contributed by atoms with Gasteiger partial charge in [-0.2, -0.15) is 9.78 Å². The number of benzene rings is 1. The zero-order chi connectivity index (χ0) is 23.5. The predicted molar refractivity (Wildman–Crippen MR) is 132 cm³/mol. The molecule has 0 radical (unpaired) electrons. The first-order valence-electron chi connectivity index (χ1n) is 11.7. The maximum absolute atomic E-state index is 13.4. The van der Waals surface area contributed by atoms with E-state index in [1.807, 2.05) is 46.8 Å². The molecule has 0 N–H and O–H groups in total. The van der Waals surface area contributed by atoms with Crippen LogP contribution in [0.1, 0.15) is 18.9 Å². The summed E-state index contributed by atoms with van der Waals surface area (Å²) in [4.78, 5) is 19.5. The molecule has 1 saturated carbocycles. The van der Waals surface area contributed by atoms with Crippen molar-refractivity contribution in [3.05, 3.63) is 77.0 Å². The highest BCUT2D eigenvalue weighted by molar-refractivity contribution is 7.88. The van der Waals surface area contributed by atoms with Crippen molar-refractivity contribution in [3.8, 4) is 11.4 Å². The summed E-state index contributed by atoms with van der Waals surface area (Å²) in [6.45, 7) is 5.31. The molecule has 3 atom stereocenters. The lowest BCUT2D eigenvalue weighted by Crippen LogP contribution is -2.49. The normalized spacial score (nSPS) is 21.3. The van der Waals surface area contributed by atoms with Gasteiger partial charge in [-0.3, -0.25) is 9.78 Å². The Balaban J connectivity index is 1.32. The van der Waals surface area contributed by atoms with Gasteiger partial charge in [0.1, 0.15) is 5.69 Å². The molecular formula is C25H29N5O3S. The van der Waals surface area contributed by atoms with Crippen molar-refractivity contribution in [1.29, 1.82) is 0 Å². The van der Waals surface area contributed by atoms with Gasteiger partial charge in [0, 0.05) is 42.4 Å². The Morgan fingerprint density at radius 1 is 1.09 bits per heavy atom. The molecule has 9 heteroatoms. The van der Waals surface area contributed by atoms with Gasteiger partial charge in [0.25, 0.3) is 0 Å². The molecule has 34 heavy (non-hydrogen) atoms. The van der Waals surface area contributed by atoms with Crippen LogP contribution in [-0.4, -0.2) is 56.4 Å². The number of ether oxygens (including phenoxy) is 1. The van der Waals surface area contributed by atoms with Crippen LogP contribution in [0.3, 0.4) is 0 Å². The van der Waals surface area contributed by atoms with Gasteiger partial charge in [0.2, 0.25) is 5.75 Å². The highest BCUT2D eigenvalue weighted by Crippen LogP contribution is 2.38. The molecule has 0 amide bonds. The van der Waals surface area contributed by atoms with Crippen LogP contribution in [0.2, 0.25) is 0 Å². The molecule has 0 spiro atoms. The Hall–Kier alpha value is -2.88. The second-order valence-electron chi connectivity index (χ2n) is 8.93. The Labute approximate surface area is 202 Å². The maximum Gasteiger partial charge on any atom is 0.316 e. The molecule has 2 aliphatic rings. The van der Waals surface area contributed by atoms with Gasteiger partial charge in [-0.05, 0) is 42.5 Å². The Morgan fingerprint density at radius 3 is 2.47 bits per heavy atom. The van der Waals surface area contributed by atoms with Crippen LogP contribution in [0.5, 0.6) is 5.75 Å². The van der Waals surface area contributed by atoms with Gasteiger partial charge in [0.15, 0.2) is 5.75 Å². The monoisotopic (exact) mass is 479 g/mol. The molecule has 1 aromatic carbocycles. The van der Waals surface area contributed by atoms with Crippen molar-refractivity contribution >= 4 is 17.0 Å². The van der Waals surface area contributed by atoms with E-state index in [1.54, 1.807) is 18.6 Å². The van der Waals surface area contributed by atoms with E-state index in [0.29, 0.717) is 67.5 Å². The van der Waals surface area contributed by atoms with E-state index in [0.717, 1.165) is 12.0 Å². The van der Waals surface area contributed by atoms with Crippen molar-refractivity contribution in [2.75, 3.05) is 37.7 Å². The molecule has 3 heterocycles. The fourth-order valence-electron chi connectivity index (χ4n) is 4.21. The van der Waals surface area contributed by atoms with Crippen molar-refractivity contribution < 1.29 is 9.29 Å². The fraction of sp³-hybridized carbons (Fsp3) is 0.400. The van der Waals surface area contributed by atoms with Crippen molar-refractivity contribution in [3.63, 3.8) is 0 Å². The van der Waals surface area contributed by atoms with Gasteiger partial charge < -0.3 is 14.2 Å². The summed E-state index contributed by atoms with van der Waals surface area (Å²) in [7, 11) is 0. The van der Waals surface area contributed by atoms with E-state index in [1.165, 1.54) is 4.68 Å². The average Bonchev–Trinajstić information content (AvgIpc) is 3.59. The summed E-state index contributed by atoms with van der Waals surface area (Å²) in [6, 6.07) is 13.2. The third kappa shape index (κ3) is 5.11. The van der Waals surface area contributed by atoms with Crippen LogP contribution in [0.4, 0.5) is 5.69 Å². The van der Waals surface area contributed by atoms with Gasteiger partial charge in [-0.15, -0.1) is 4.31 Å². The molecule has 0 bridgehead atoms. The second-order valence-corrected chi connectivity index (χ2v) is 10.4. The largest absolute Gasteiger partial charge is 0.598 e. The zero-order valence-corrected chi connectivity index (χ0v) is 20.1. The van der Waals surface area contributed by atoms with Crippen LogP contribution in [0.15, 0.2) is 65.8 Å². The molecule has 2 unspecified atom stereocenters. The second kappa shape index (κ2) is 10.2. The summed E-state index contributed by atoms with van der Waals surface area (Å²) in [5.74, 6) is 1.97. The van der Waals surface area contributed by atoms with Gasteiger partial charge in [-0.25, -0.2) is 0 Å². The van der Waals surface area contributed by atoms with E-state index < -0.39 is 11.4 Å². The van der Waals surface area contributed by atoms with Crippen molar-refractivity contribution in [2.24, 2.45) is 11.8 Å². The number of aromatic nitrogens is 3. The van der Waals surface area contributed by atoms with Crippen LogP contribution < -0.4 is 15.2 Å². The van der Waals surface area contributed by atoms with E-state index in [-0.39, 0.29) is 5.56 Å². The minimum atomic E-state index is -1.11. The third-order valence-electron chi connectivity index (χ3n) is 6.54. The minimum Gasteiger partial charge on any atom is -0.598 e. The number of pyridine rings is 1. The number of anilines is 1. The number of hydrogen-bond acceptors (Lipinski definition) is 7. The van der Waals surface area contributed by atoms with Crippen LogP contribution in [0, 0.1) is 11.8 Å². The summed E-state index contributed by atoms with van der Waals surface area (Å²) < 4.78 is 22.4. The number of rotatable bonds is 8. The number of para-hydroxylation sites is 1. The lowest BCUT2D eigenvalue weighted by molar-refractivity contribution is 0.286. The SMILES string of the molecule is CC1CC1COc1c(N2CCN([S@+]([O-])Cc3ccncc3)CC2)cnn(-c2ccccc2)c1=O. The Bertz CT molecular complexity index is 1150. The molecule has 1 aliphatic carbocycles. The number of piperazine rings is 1. The Morgan fingerprint density at radius 2 is 1.79 bits per heavy atom. The lowest BCUT2D eigenvalue weighted by atomic mass is 10.3. The predicted octanol–water partition coefficient (Wildman–Crippen LogP) is 2.65. The first kappa shape index (κ1) is 22.9. The van der Waals surface area contributed by atoms with Gasteiger partial charge >= 0.3 is 5.56 Å². The first-order valence-corrected chi connectivity index (χ1v) is 13.0. The number of nitrogens with zero attached hydrogens (tertiary/aromatic N) is 5. The molecule has 3 aromatic rings. The van der Waals surface area contributed by atoms with E-state index in [2.05, 4.69) is 21.9 Å². The quantitative estimate of drug-likeness (QED) is 0.459. The lowest BCUT2D eigenvalue weighted by Gasteiger charge is -2.36.